The van der Waals surface area contributed by atoms with Crippen molar-refractivity contribution in [3.63, 3.8) is 0 Å². The number of allylic oxidation sites excluding steroid dienone is 5. The number of benzene rings is 8. The Morgan fingerprint density at radius 3 is 1.76 bits per heavy atom. The van der Waals surface area contributed by atoms with Crippen LogP contribution in [0.15, 0.2) is 231 Å². The average Bonchev–Trinajstić information content (AvgIpc) is 3.88. The van der Waals surface area contributed by atoms with E-state index in [1.807, 2.05) is 29.5 Å². The van der Waals surface area contributed by atoms with E-state index in [2.05, 4.69) is 214 Å². The summed E-state index contributed by atoms with van der Waals surface area (Å²) in [6, 6.07) is 71.2. The summed E-state index contributed by atoms with van der Waals surface area (Å²) in [4.78, 5) is 15.8. The lowest BCUT2D eigenvalue weighted by atomic mass is 9.66. The molecule has 2 heterocycles. The number of hydrogen-bond donors (Lipinski definition) is 0. The summed E-state index contributed by atoms with van der Waals surface area (Å²) in [5, 5.41) is 2.31. The topological polar surface area (TPSA) is 38.7 Å². The SMILES string of the molecule is C=CC1=C(/C=C\C)C(c2ccccc2)(c2ccc3c(c2)sc2cccc(-c4nc(-c5ccc(-c6ccccc6)cc5)nc(-c5cccc(-c6ccccc6)c5)n4)c23)c2ccccc21. The van der Waals surface area contributed by atoms with Crippen LogP contribution in [-0.4, -0.2) is 15.0 Å². The maximum Gasteiger partial charge on any atom is 0.164 e. The van der Waals surface area contributed by atoms with Crippen LogP contribution in [0.5, 0.6) is 0 Å². The van der Waals surface area contributed by atoms with Gasteiger partial charge in [-0.2, -0.15) is 0 Å². The Kier molecular flexibility index (Phi) is 9.64. The van der Waals surface area contributed by atoms with E-state index in [1.165, 1.54) is 48.2 Å². The first-order chi connectivity index (χ1) is 31.1. The molecule has 63 heavy (non-hydrogen) atoms. The molecule has 0 radical (unpaired) electrons. The highest BCUT2D eigenvalue weighted by Gasteiger charge is 2.46. The predicted molar refractivity (Wildman–Crippen MR) is 265 cm³/mol. The summed E-state index contributed by atoms with van der Waals surface area (Å²) in [6.45, 7) is 6.42. The van der Waals surface area contributed by atoms with Crippen molar-refractivity contribution in [3.05, 3.63) is 253 Å². The molecule has 8 aromatic carbocycles. The fraction of sp³-hybridized carbons (Fsp3) is 0.0339. The normalized spacial score (nSPS) is 14.7. The second-order valence-electron chi connectivity index (χ2n) is 15.9. The molecular formula is C59H41N3S. The highest BCUT2D eigenvalue weighted by Crippen LogP contribution is 2.56. The van der Waals surface area contributed by atoms with E-state index >= 15 is 0 Å². The van der Waals surface area contributed by atoms with Crippen LogP contribution in [0.4, 0.5) is 0 Å². The summed E-state index contributed by atoms with van der Waals surface area (Å²) in [7, 11) is 0. The van der Waals surface area contributed by atoms with E-state index in [1.54, 1.807) is 0 Å². The van der Waals surface area contributed by atoms with Gasteiger partial charge in [0.15, 0.2) is 17.5 Å². The minimum atomic E-state index is -0.538. The molecule has 11 rings (SSSR count). The molecule has 1 aliphatic rings. The van der Waals surface area contributed by atoms with Gasteiger partial charge < -0.3 is 0 Å². The number of fused-ring (bicyclic) bond motifs is 4. The Bertz CT molecular complexity index is 3400. The Hall–Kier alpha value is -7.79. The lowest BCUT2D eigenvalue weighted by Crippen LogP contribution is -2.29. The van der Waals surface area contributed by atoms with E-state index in [4.69, 9.17) is 15.0 Å². The predicted octanol–water partition coefficient (Wildman–Crippen LogP) is 15.4. The standard InChI is InChI=1S/C59H41N3S/c1-3-18-51-47(4-2)48-27-14-15-29-52(48)59(51,45-25-12-7-13-26-45)46-35-36-49-54(38-46)63-53-30-17-28-50(55(49)53)58-61-56(42-33-31-41(32-34-42)39-19-8-5-9-20-39)60-57(62-58)44-24-16-23-43(37-44)40-21-10-6-11-22-40/h3-38H,2H2,1H3/b18-3-. The van der Waals surface area contributed by atoms with Gasteiger partial charge in [0.05, 0.1) is 5.41 Å². The van der Waals surface area contributed by atoms with Crippen LogP contribution in [0, 0.1) is 0 Å². The maximum absolute atomic E-state index is 5.30. The molecule has 4 heteroatoms. The Balaban J connectivity index is 1.11. The third kappa shape index (κ3) is 6.46. The Labute approximate surface area is 371 Å². The maximum atomic E-state index is 5.30. The van der Waals surface area contributed by atoms with Gasteiger partial charge in [0.25, 0.3) is 0 Å². The highest BCUT2D eigenvalue weighted by atomic mass is 32.1. The zero-order valence-electron chi connectivity index (χ0n) is 34.7. The van der Waals surface area contributed by atoms with Crippen LogP contribution in [0.3, 0.4) is 0 Å². The van der Waals surface area contributed by atoms with Crippen molar-refractivity contribution in [2.24, 2.45) is 0 Å². The van der Waals surface area contributed by atoms with Crippen LogP contribution < -0.4 is 0 Å². The number of rotatable bonds is 9. The monoisotopic (exact) mass is 823 g/mol. The lowest BCUT2D eigenvalue weighted by Gasteiger charge is -2.35. The molecule has 10 aromatic rings. The van der Waals surface area contributed by atoms with Gasteiger partial charge in [-0.05, 0) is 80.8 Å². The van der Waals surface area contributed by atoms with E-state index in [-0.39, 0.29) is 0 Å². The van der Waals surface area contributed by atoms with E-state index in [0.29, 0.717) is 17.5 Å². The first-order valence-electron chi connectivity index (χ1n) is 21.3. The summed E-state index contributed by atoms with van der Waals surface area (Å²) in [5.41, 5.74) is 14.2. The summed E-state index contributed by atoms with van der Waals surface area (Å²) in [5.74, 6) is 1.90. The van der Waals surface area contributed by atoms with Crippen molar-refractivity contribution >= 4 is 37.1 Å². The van der Waals surface area contributed by atoms with Crippen molar-refractivity contribution in [1.29, 1.82) is 0 Å². The molecule has 0 N–H and O–H groups in total. The lowest BCUT2D eigenvalue weighted by molar-refractivity contribution is 0.763. The molecule has 0 saturated carbocycles. The van der Waals surface area contributed by atoms with E-state index < -0.39 is 5.41 Å². The fourth-order valence-electron chi connectivity index (χ4n) is 9.53. The molecule has 0 amide bonds. The van der Waals surface area contributed by atoms with Gasteiger partial charge in [-0.15, -0.1) is 11.3 Å². The molecule has 1 aliphatic carbocycles. The van der Waals surface area contributed by atoms with Crippen molar-refractivity contribution in [2.45, 2.75) is 12.3 Å². The third-order valence-corrected chi connectivity index (χ3v) is 13.5. The average molecular weight is 824 g/mol. The van der Waals surface area contributed by atoms with Gasteiger partial charge >= 0.3 is 0 Å². The van der Waals surface area contributed by atoms with Crippen molar-refractivity contribution in [2.75, 3.05) is 0 Å². The van der Waals surface area contributed by atoms with Crippen LogP contribution in [0.25, 0.3) is 82.2 Å². The largest absolute Gasteiger partial charge is 0.208 e. The van der Waals surface area contributed by atoms with Crippen molar-refractivity contribution < 1.29 is 0 Å². The molecule has 0 spiro atoms. The van der Waals surface area contributed by atoms with Gasteiger partial charge in [0.1, 0.15) is 0 Å². The third-order valence-electron chi connectivity index (χ3n) is 12.3. The smallest absolute Gasteiger partial charge is 0.164 e. The molecule has 0 bridgehead atoms. The van der Waals surface area contributed by atoms with E-state index in [0.717, 1.165) is 44.3 Å². The van der Waals surface area contributed by atoms with E-state index in [9.17, 15) is 0 Å². The minimum absolute atomic E-state index is 0.538. The molecule has 0 aliphatic heterocycles. The van der Waals surface area contributed by atoms with Gasteiger partial charge in [-0.25, -0.2) is 15.0 Å². The first-order valence-corrected chi connectivity index (χ1v) is 22.1. The fourth-order valence-corrected chi connectivity index (χ4v) is 10.7. The molecule has 3 nitrogen and oxygen atoms in total. The molecule has 0 saturated heterocycles. The molecular weight excluding hydrogens is 783 g/mol. The van der Waals surface area contributed by atoms with Gasteiger partial charge in [-0.3, -0.25) is 0 Å². The molecule has 298 valence electrons. The summed E-state index contributed by atoms with van der Waals surface area (Å²) >= 11 is 1.81. The summed E-state index contributed by atoms with van der Waals surface area (Å²) < 4.78 is 2.38. The zero-order valence-corrected chi connectivity index (χ0v) is 35.6. The van der Waals surface area contributed by atoms with Gasteiger partial charge in [-0.1, -0.05) is 207 Å². The minimum Gasteiger partial charge on any atom is -0.208 e. The van der Waals surface area contributed by atoms with Crippen LogP contribution >= 0.6 is 11.3 Å². The van der Waals surface area contributed by atoms with Gasteiger partial charge in [0, 0.05) is 36.9 Å². The number of thiophene rings is 1. The van der Waals surface area contributed by atoms with Crippen LogP contribution in [-0.2, 0) is 5.41 Å². The molecule has 1 atom stereocenters. The Morgan fingerprint density at radius 2 is 1.03 bits per heavy atom. The first kappa shape index (κ1) is 38.2. The Morgan fingerprint density at radius 1 is 0.460 bits per heavy atom. The number of nitrogens with zero attached hydrogens (tertiary/aromatic N) is 3. The second-order valence-corrected chi connectivity index (χ2v) is 17.0. The molecule has 1 unspecified atom stereocenters. The van der Waals surface area contributed by atoms with Gasteiger partial charge in [0.2, 0.25) is 0 Å². The highest BCUT2D eigenvalue weighted by molar-refractivity contribution is 7.26. The molecule has 0 fully saturated rings. The number of aromatic nitrogens is 3. The summed E-state index contributed by atoms with van der Waals surface area (Å²) in [6.07, 6.45) is 6.45. The van der Waals surface area contributed by atoms with Crippen molar-refractivity contribution in [1.82, 2.24) is 15.0 Å². The van der Waals surface area contributed by atoms with Crippen LogP contribution in [0.1, 0.15) is 29.2 Å². The second kappa shape index (κ2) is 15.9. The van der Waals surface area contributed by atoms with Crippen LogP contribution in [0.2, 0.25) is 0 Å². The molecule has 2 aromatic heterocycles. The zero-order chi connectivity index (χ0) is 42.3. The number of hydrogen-bond acceptors (Lipinski definition) is 4. The quantitative estimate of drug-likeness (QED) is 0.146. The van der Waals surface area contributed by atoms with Crippen molar-refractivity contribution in [3.8, 4) is 56.4 Å².